The molecule has 2 N–H and O–H groups in total. The monoisotopic (exact) mass is 288 g/mol. The van der Waals surface area contributed by atoms with Gasteiger partial charge in [-0.2, -0.15) is 5.26 Å². The predicted molar refractivity (Wildman–Crippen MR) is 74.8 cm³/mol. The third-order valence-electron chi connectivity index (χ3n) is 2.76. The van der Waals surface area contributed by atoms with Crippen molar-refractivity contribution in [1.29, 1.82) is 5.26 Å². The molecular formula is C14H12N2O3S. The van der Waals surface area contributed by atoms with E-state index in [1.54, 1.807) is 19.1 Å². The number of aromatic hydroxyl groups is 1. The molecule has 0 aromatic heterocycles. The summed E-state index contributed by atoms with van der Waals surface area (Å²) in [6, 6.07) is 12.2. The number of sulfonamides is 1. The highest BCUT2D eigenvalue weighted by molar-refractivity contribution is 7.92. The average molecular weight is 288 g/mol. The Kier molecular flexibility index (Phi) is 3.63. The first-order valence-corrected chi connectivity index (χ1v) is 7.24. The molecule has 2 rings (SSSR count). The topological polar surface area (TPSA) is 90.2 Å². The van der Waals surface area contributed by atoms with Crippen molar-refractivity contribution in [2.24, 2.45) is 0 Å². The Balaban J connectivity index is 2.45. The van der Waals surface area contributed by atoms with Crippen LogP contribution in [-0.2, 0) is 10.0 Å². The highest BCUT2D eigenvalue weighted by atomic mass is 32.2. The SMILES string of the molecule is Cc1cccc(NS(=O)(=O)c2cccc(O)c2)c1C#N. The van der Waals surface area contributed by atoms with Crippen molar-refractivity contribution in [3.05, 3.63) is 53.6 Å². The van der Waals surface area contributed by atoms with Gasteiger partial charge < -0.3 is 5.11 Å². The maximum absolute atomic E-state index is 12.2. The Morgan fingerprint density at radius 2 is 1.90 bits per heavy atom. The van der Waals surface area contributed by atoms with E-state index in [4.69, 9.17) is 5.26 Å². The second-order valence-corrected chi connectivity index (χ2v) is 5.89. The quantitative estimate of drug-likeness (QED) is 0.907. The number of nitriles is 1. The molecule has 0 fully saturated rings. The lowest BCUT2D eigenvalue weighted by molar-refractivity contribution is 0.473. The van der Waals surface area contributed by atoms with Crippen LogP contribution in [0.4, 0.5) is 5.69 Å². The molecule has 2 aromatic carbocycles. The van der Waals surface area contributed by atoms with Gasteiger partial charge in [0.15, 0.2) is 0 Å². The van der Waals surface area contributed by atoms with E-state index in [1.807, 2.05) is 6.07 Å². The Morgan fingerprint density at radius 1 is 1.20 bits per heavy atom. The fourth-order valence-corrected chi connectivity index (χ4v) is 2.87. The Morgan fingerprint density at radius 3 is 2.55 bits per heavy atom. The van der Waals surface area contributed by atoms with Crippen LogP contribution >= 0.6 is 0 Å². The number of hydrogen-bond donors (Lipinski definition) is 2. The second-order valence-electron chi connectivity index (χ2n) is 4.21. The summed E-state index contributed by atoms with van der Waals surface area (Å²) >= 11 is 0. The molecule has 0 radical (unpaired) electrons. The molecule has 0 aliphatic heterocycles. The molecule has 0 heterocycles. The molecule has 0 aliphatic carbocycles. The molecule has 0 saturated heterocycles. The van der Waals surface area contributed by atoms with E-state index >= 15 is 0 Å². The number of anilines is 1. The maximum Gasteiger partial charge on any atom is 0.262 e. The van der Waals surface area contributed by atoms with Crippen molar-refractivity contribution in [3.8, 4) is 11.8 Å². The minimum absolute atomic E-state index is 0.0668. The minimum atomic E-state index is -3.85. The van der Waals surface area contributed by atoms with Gasteiger partial charge in [-0.1, -0.05) is 18.2 Å². The van der Waals surface area contributed by atoms with Crippen molar-refractivity contribution in [1.82, 2.24) is 0 Å². The Labute approximate surface area is 117 Å². The molecule has 5 nitrogen and oxygen atoms in total. The summed E-state index contributed by atoms with van der Waals surface area (Å²) in [6.07, 6.45) is 0. The van der Waals surface area contributed by atoms with Crippen molar-refractivity contribution in [2.75, 3.05) is 4.72 Å². The van der Waals surface area contributed by atoms with E-state index in [0.717, 1.165) is 6.07 Å². The lowest BCUT2D eigenvalue weighted by Gasteiger charge is -2.10. The van der Waals surface area contributed by atoms with Crippen LogP contribution in [-0.4, -0.2) is 13.5 Å². The van der Waals surface area contributed by atoms with Gasteiger partial charge in [0.25, 0.3) is 10.0 Å². The number of hydrogen-bond acceptors (Lipinski definition) is 4. The highest BCUT2D eigenvalue weighted by Gasteiger charge is 2.17. The molecule has 0 atom stereocenters. The molecular weight excluding hydrogens is 276 g/mol. The van der Waals surface area contributed by atoms with E-state index in [9.17, 15) is 13.5 Å². The van der Waals surface area contributed by atoms with Gasteiger partial charge in [0.2, 0.25) is 0 Å². The van der Waals surface area contributed by atoms with Crippen LogP contribution in [0.15, 0.2) is 47.4 Å². The van der Waals surface area contributed by atoms with Crippen molar-refractivity contribution < 1.29 is 13.5 Å². The second kappa shape index (κ2) is 5.23. The van der Waals surface area contributed by atoms with Crippen LogP contribution < -0.4 is 4.72 Å². The van der Waals surface area contributed by atoms with Gasteiger partial charge in [-0.3, -0.25) is 4.72 Å². The standard InChI is InChI=1S/C14H12N2O3S/c1-10-4-2-7-14(13(10)9-15)16-20(18,19)12-6-3-5-11(17)8-12/h2-8,16-17H,1H3. The van der Waals surface area contributed by atoms with E-state index in [-0.39, 0.29) is 21.9 Å². The molecule has 20 heavy (non-hydrogen) atoms. The van der Waals surface area contributed by atoms with Gasteiger partial charge in [-0.05, 0) is 30.7 Å². The van der Waals surface area contributed by atoms with Gasteiger partial charge in [0.05, 0.1) is 16.1 Å². The van der Waals surface area contributed by atoms with E-state index in [1.165, 1.54) is 24.3 Å². The molecule has 102 valence electrons. The molecule has 0 saturated carbocycles. The average Bonchev–Trinajstić information content (AvgIpc) is 2.38. The summed E-state index contributed by atoms with van der Waals surface area (Å²) in [5.74, 6) is -0.141. The lowest BCUT2D eigenvalue weighted by Crippen LogP contribution is -2.14. The number of nitrogens with one attached hydrogen (secondary N) is 1. The molecule has 0 spiro atoms. The third-order valence-corrected chi connectivity index (χ3v) is 4.12. The van der Waals surface area contributed by atoms with Crippen LogP contribution in [0.1, 0.15) is 11.1 Å². The predicted octanol–water partition coefficient (Wildman–Crippen LogP) is 2.37. The smallest absolute Gasteiger partial charge is 0.262 e. The first-order chi connectivity index (χ1) is 9.44. The summed E-state index contributed by atoms with van der Waals surface area (Å²) in [5, 5.41) is 18.4. The van der Waals surface area contributed by atoms with Gasteiger partial charge in [0, 0.05) is 6.07 Å². The van der Waals surface area contributed by atoms with Gasteiger partial charge in [-0.15, -0.1) is 0 Å². The van der Waals surface area contributed by atoms with Crippen LogP contribution in [0.2, 0.25) is 0 Å². The number of phenols is 1. The fourth-order valence-electron chi connectivity index (χ4n) is 1.76. The fraction of sp³-hybridized carbons (Fsp3) is 0.0714. The number of phenolic OH excluding ortho intramolecular Hbond substituents is 1. The number of benzene rings is 2. The van der Waals surface area contributed by atoms with E-state index < -0.39 is 10.0 Å². The summed E-state index contributed by atoms with van der Waals surface area (Å²) < 4.78 is 26.8. The summed E-state index contributed by atoms with van der Waals surface area (Å²) in [7, 11) is -3.85. The molecule has 0 aliphatic rings. The van der Waals surface area contributed by atoms with Crippen LogP contribution in [0.25, 0.3) is 0 Å². The zero-order chi connectivity index (χ0) is 14.8. The van der Waals surface area contributed by atoms with Gasteiger partial charge >= 0.3 is 0 Å². The Bertz CT molecular complexity index is 792. The third kappa shape index (κ3) is 2.73. The zero-order valence-corrected chi connectivity index (χ0v) is 11.5. The maximum atomic E-state index is 12.2. The largest absolute Gasteiger partial charge is 0.508 e. The summed E-state index contributed by atoms with van der Waals surface area (Å²) in [4.78, 5) is -0.0668. The van der Waals surface area contributed by atoms with E-state index in [0.29, 0.717) is 5.56 Å². The number of rotatable bonds is 3. The normalized spacial score (nSPS) is 10.8. The van der Waals surface area contributed by atoms with Crippen LogP contribution in [0.3, 0.4) is 0 Å². The first-order valence-electron chi connectivity index (χ1n) is 5.75. The molecule has 6 heteroatoms. The zero-order valence-electron chi connectivity index (χ0n) is 10.7. The van der Waals surface area contributed by atoms with Gasteiger partial charge in [-0.25, -0.2) is 8.42 Å². The molecule has 2 aromatic rings. The summed E-state index contributed by atoms with van der Waals surface area (Å²) in [5.41, 5.74) is 1.18. The number of aryl methyl sites for hydroxylation is 1. The Hall–Kier alpha value is -2.52. The van der Waals surface area contributed by atoms with Crippen molar-refractivity contribution >= 4 is 15.7 Å². The first kappa shape index (κ1) is 13.9. The van der Waals surface area contributed by atoms with E-state index in [2.05, 4.69) is 4.72 Å². The van der Waals surface area contributed by atoms with Crippen LogP contribution in [0, 0.1) is 18.3 Å². The van der Waals surface area contributed by atoms with Crippen molar-refractivity contribution in [2.45, 2.75) is 11.8 Å². The van der Waals surface area contributed by atoms with Crippen LogP contribution in [0.5, 0.6) is 5.75 Å². The molecule has 0 unspecified atom stereocenters. The number of nitrogens with zero attached hydrogens (tertiary/aromatic N) is 1. The summed E-state index contributed by atoms with van der Waals surface area (Å²) in [6.45, 7) is 1.73. The lowest BCUT2D eigenvalue weighted by atomic mass is 10.1. The minimum Gasteiger partial charge on any atom is -0.508 e. The molecule has 0 amide bonds. The van der Waals surface area contributed by atoms with Gasteiger partial charge in [0.1, 0.15) is 11.8 Å². The van der Waals surface area contributed by atoms with Crippen molar-refractivity contribution in [3.63, 3.8) is 0 Å². The molecule has 0 bridgehead atoms. The highest BCUT2D eigenvalue weighted by Crippen LogP contribution is 2.23.